The molecule has 1 aliphatic heterocycles. The Bertz CT molecular complexity index is 1070. The number of hydrogen-bond donors (Lipinski definition) is 0. The van der Waals surface area contributed by atoms with Gasteiger partial charge in [-0.05, 0) is 59.7 Å². The van der Waals surface area contributed by atoms with E-state index in [1.165, 1.54) is 12.1 Å². The number of ether oxygens (including phenoxy) is 1. The molecule has 4 rings (SSSR count). The summed E-state index contributed by atoms with van der Waals surface area (Å²) in [7, 11) is 0. The third-order valence-electron chi connectivity index (χ3n) is 5.47. The van der Waals surface area contributed by atoms with E-state index in [4.69, 9.17) is 27.9 Å². The van der Waals surface area contributed by atoms with E-state index in [1.807, 2.05) is 47.4 Å². The molecule has 3 aromatic carbocycles. The monoisotopic (exact) mass is 472 g/mol. The summed E-state index contributed by atoms with van der Waals surface area (Å²) >= 11 is 12.1. The van der Waals surface area contributed by atoms with Gasteiger partial charge in [0, 0.05) is 38.3 Å². The zero-order chi connectivity index (χ0) is 22.5. The number of benzene rings is 3. The van der Waals surface area contributed by atoms with E-state index in [-0.39, 0.29) is 11.7 Å². The van der Waals surface area contributed by atoms with Gasteiger partial charge in [0.05, 0.1) is 10.0 Å². The first-order valence-corrected chi connectivity index (χ1v) is 11.2. The van der Waals surface area contributed by atoms with Crippen LogP contribution in [0.25, 0.3) is 0 Å². The fourth-order valence-electron chi connectivity index (χ4n) is 3.63. The zero-order valence-corrected chi connectivity index (χ0v) is 19.0. The van der Waals surface area contributed by atoms with E-state index in [2.05, 4.69) is 4.90 Å². The van der Waals surface area contributed by atoms with Gasteiger partial charge in [-0.1, -0.05) is 41.4 Å². The van der Waals surface area contributed by atoms with Crippen molar-refractivity contribution in [3.8, 4) is 5.75 Å². The summed E-state index contributed by atoms with van der Waals surface area (Å²) in [4.78, 5) is 17.1. The summed E-state index contributed by atoms with van der Waals surface area (Å²) in [6, 6.07) is 19.0. The molecule has 32 heavy (non-hydrogen) atoms. The average molecular weight is 473 g/mol. The first-order chi connectivity index (χ1) is 15.5. The van der Waals surface area contributed by atoms with E-state index in [9.17, 15) is 9.18 Å². The van der Waals surface area contributed by atoms with Crippen molar-refractivity contribution < 1.29 is 13.9 Å². The van der Waals surface area contributed by atoms with Crippen LogP contribution in [0.3, 0.4) is 0 Å². The Kier molecular flexibility index (Phi) is 7.30. The van der Waals surface area contributed by atoms with Crippen LogP contribution in [0, 0.1) is 5.82 Å². The molecule has 0 bridgehead atoms. The molecule has 1 aliphatic rings. The molecule has 4 nitrogen and oxygen atoms in total. The van der Waals surface area contributed by atoms with Crippen LogP contribution in [0.4, 0.5) is 4.39 Å². The minimum atomic E-state index is -0.296. The molecule has 0 aliphatic carbocycles. The number of piperazine rings is 1. The third kappa shape index (κ3) is 5.80. The summed E-state index contributed by atoms with van der Waals surface area (Å²) in [5, 5.41) is 1.11. The van der Waals surface area contributed by atoms with Gasteiger partial charge in [-0.15, -0.1) is 0 Å². The molecule has 0 radical (unpaired) electrons. The molecule has 1 saturated heterocycles. The van der Waals surface area contributed by atoms with E-state index in [0.29, 0.717) is 41.1 Å². The maximum absolute atomic E-state index is 13.0. The molecule has 1 heterocycles. The topological polar surface area (TPSA) is 32.8 Å². The predicted molar refractivity (Wildman–Crippen MR) is 125 cm³/mol. The number of hydrogen-bond acceptors (Lipinski definition) is 3. The van der Waals surface area contributed by atoms with E-state index >= 15 is 0 Å². The highest BCUT2D eigenvalue weighted by Gasteiger charge is 2.22. The van der Waals surface area contributed by atoms with Crippen LogP contribution in [0.2, 0.25) is 10.0 Å². The summed E-state index contributed by atoms with van der Waals surface area (Å²) in [6.07, 6.45) is 0. The molecule has 3 aromatic rings. The number of halogens is 3. The van der Waals surface area contributed by atoms with Crippen LogP contribution >= 0.6 is 23.2 Å². The lowest BCUT2D eigenvalue weighted by molar-refractivity contribution is 0.0628. The van der Waals surface area contributed by atoms with Gasteiger partial charge >= 0.3 is 0 Å². The predicted octanol–water partition coefficient (Wildman–Crippen LogP) is 5.67. The normalized spacial score (nSPS) is 14.4. The van der Waals surface area contributed by atoms with Crippen molar-refractivity contribution in [2.75, 3.05) is 26.2 Å². The average Bonchev–Trinajstić information content (AvgIpc) is 2.81. The molecule has 1 fully saturated rings. The van der Waals surface area contributed by atoms with Gasteiger partial charge in [0.2, 0.25) is 0 Å². The Hall–Kier alpha value is -2.60. The van der Waals surface area contributed by atoms with Gasteiger partial charge in [-0.25, -0.2) is 4.39 Å². The summed E-state index contributed by atoms with van der Waals surface area (Å²) in [6.45, 7) is 4.09. The SMILES string of the molecule is O=C(c1ccc(COc2ccc(F)cc2)cc1)N1CCN(Cc2ccc(Cl)c(Cl)c2)CC1. The molecule has 1 amide bonds. The molecule has 0 atom stereocenters. The number of carbonyl (C=O) groups is 1. The number of carbonyl (C=O) groups excluding carboxylic acids is 1. The molecule has 0 saturated carbocycles. The Morgan fingerprint density at radius 3 is 2.16 bits per heavy atom. The molecule has 0 aromatic heterocycles. The van der Waals surface area contributed by atoms with Gasteiger partial charge in [0.25, 0.3) is 5.91 Å². The number of nitrogens with zero attached hydrogens (tertiary/aromatic N) is 2. The quantitative estimate of drug-likeness (QED) is 0.463. The molecule has 0 unspecified atom stereocenters. The fourth-order valence-corrected chi connectivity index (χ4v) is 3.95. The number of rotatable bonds is 6. The van der Waals surface area contributed by atoms with Crippen LogP contribution in [0.5, 0.6) is 5.75 Å². The first kappa shape index (κ1) is 22.6. The summed E-state index contributed by atoms with van der Waals surface area (Å²) in [5.74, 6) is 0.339. The minimum Gasteiger partial charge on any atom is -0.489 e. The van der Waals surface area contributed by atoms with Crippen LogP contribution < -0.4 is 4.74 Å². The second-order valence-corrected chi connectivity index (χ2v) is 8.57. The summed E-state index contributed by atoms with van der Waals surface area (Å²) < 4.78 is 18.6. The van der Waals surface area contributed by atoms with Crippen molar-refractivity contribution >= 4 is 29.1 Å². The smallest absolute Gasteiger partial charge is 0.253 e. The second-order valence-electron chi connectivity index (χ2n) is 7.76. The van der Waals surface area contributed by atoms with Gasteiger partial charge in [0.15, 0.2) is 0 Å². The van der Waals surface area contributed by atoms with Crippen LogP contribution in [0.15, 0.2) is 66.7 Å². The molecule has 0 N–H and O–H groups in total. The number of amides is 1. The Morgan fingerprint density at radius 1 is 0.844 bits per heavy atom. The van der Waals surface area contributed by atoms with Crippen molar-refractivity contribution in [2.24, 2.45) is 0 Å². The van der Waals surface area contributed by atoms with Crippen molar-refractivity contribution in [1.29, 1.82) is 0 Å². The lowest BCUT2D eigenvalue weighted by atomic mass is 10.1. The van der Waals surface area contributed by atoms with Crippen LogP contribution in [-0.4, -0.2) is 41.9 Å². The van der Waals surface area contributed by atoms with Crippen molar-refractivity contribution in [2.45, 2.75) is 13.2 Å². The minimum absolute atomic E-state index is 0.0326. The van der Waals surface area contributed by atoms with E-state index in [1.54, 1.807) is 12.1 Å². The van der Waals surface area contributed by atoms with Gasteiger partial charge < -0.3 is 9.64 Å². The maximum atomic E-state index is 13.0. The molecule has 166 valence electrons. The van der Waals surface area contributed by atoms with E-state index < -0.39 is 0 Å². The van der Waals surface area contributed by atoms with Crippen LogP contribution in [0.1, 0.15) is 21.5 Å². The molecular weight excluding hydrogens is 450 g/mol. The van der Waals surface area contributed by atoms with E-state index in [0.717, 1.165) is 30.8 Å². The van der Waals surface area contributed by atoms with Gasteiger partial charge in [-0.2, -0.15) is 0 Å². The highest BCUT2D eigenvalue weighted by atomic mass is 35.5. The Balaban J connectivity index is 1.27. The standard InChI is InChI=1S/C25H23Cl2FN2O2/c26-23-10-3-19(15-24(23)27)16-29-11-13-30(14-12-29)25(31)20-4-1-18(2-5-20)17-32-22-8-6-21(28)7-9-22/h1-10,15H,11-14,16-17H2. The fraction of sp³-hybridized carbons (Fsp3) is 0.240. The lowest BCUT2D eigenvalue weighted by Gasteiger charge is -2.34. The highest BCUT2D eigenvalue weighted by molar-refractivity contribution is 6.42. The van der Waals surface area contributed by atoms with Crippen molar-refractivity contribution in [3.63, 3.8) is 0 Å². The van der Waals surface area contributed by atoms with Crippen LogP contribution in [-0.2, 0) is 13.2 Å². The van der Waals surface area contributed by atoms with Crippen molar-refractivity contribution in [3.05, 3.63) is 99.3 Å². The third-order valence-corrected chi connectivity index (χ3v) is 6.21. The zero-order valence-electron chi connectivity index (χ0n) is 17.4. The molecule has 7 heteroatoms. The first-order valence-electron chi connectivity index (χ1n) is 10.4. The molecule has 0 spiro atoms. The maximum Gasteiger partial charge on any atom is 0.253 e. The lowest BCUT2D eigenvalue weighted by Crippen LogP contribution is -2.48. The largest absolute Gasteiger partial charge is 0.489 e. The van der Waals surface area contributed by atoms with Gasteiger partial charge in [-0.3, -0.25) is 9.69 Å². The Morgan fingerprint density at radius 2 is 1.50 bits per heavy atom. The van der Waals surface area contributed by atoms with Gasteiger partial charge in [0.1, 0.15) is 18.2 Å². The molecular formula is C25H23Cl2FN2O2. The Labute approximate surface area is 197 Å². The highest BCUT2D eigenvalue weighted by Crippen LogP contribution is 2.23. The summed E-state index contributed by atoms with van der Waals surface area (Å²) in [5.41, 5.74) is 2.71. The second kappa shape index (κ2) is 10.3. The van der Waals surface area contributed by atoms with Crippen molar-refractivity contribution in [1.82, 2.24) is 9.80 Å².